The molecule has 0 spiro atoms. The van der Waals surface area contributed by atoms with E-state index in [0.717, 1.165) is 19.4 Å². The second-order valence-electron chi connectivity index (χ2n) is 3.81. The van der Waals surface area contributed by atoms with Gasteiger partial charge in [0, 0.05) is 13.1 Å². The lowest BCUT2D eigenvalue weighted by molar-refractivity contribution is 0.154. The second-order valence-corrected chi connectivity index (χ2v) is 4.98. The molecule has 1 N–H and O–H groups in total. The van der Waals surface area contributed by atoms with E-state index in [4.69, 9.17) is 34.8 Å². The molecule has 0 saturated carbocycles. The van der Waals surface area contributed by atoms with Gasteiger partial charge < -0.3 is 10.0 Å². The minimum atomic E-state index is -0.332. The van der Waals surface area contributed by atoms with Crippen molar-refractivity contribution in [1.29, 1.82) is 0 Å². The average molecular weight is 282 g/mol. The van der Waals surface area contributed by atoms with Gasteiger partial charge >= 0.3 is 0 Å². The summed E-state index contributed by atoms with van der Waals surface area (Å²) in [6, 6.07) is 1.58. The fourth-order valence-corrected chi connectivity index (χ4v) is 2.42. The fourth-order valence-electron chi connectivity index (χ4n) is 1.80. The Morgan fingerprint density at radius 1 is 1.31 bits per heavy atom. The molecule has 1 fully saturated rings. The third-order valence-electron chi connectivity index (χ3n) is 2.56. The molecule has 1 saturated heterocycles. The SMILES string of the molecule is OC1CCCN(c2nc(Cl)c(Cl)cc2Cl)C1. The summed E-state index contributed by atoms with van der Waals surface area (Å²) in [6.45, 7) is 1.35. The number of aromatic nitrogens is 1. The molecule has 6 heteroatoms. The van der Waals surface area contributed by atoms with Crippen LogP contribution in [-0.4, -0.2) is 29.3 Å². The zero-order chi connectivity index (χ0) is 11.7. The molecule has 3 nitrogen and oxygen atoms in total. The molecule has 16 heavy (non-hydrogen) atoms. The first-order chi connectivity index (χ1) is 7.58. The second kappa shape index (κ2) is 4.96. The van der Waals surface area contributed by atoms with Crippen molar-refractivity contribution in [3.05, 3.63) is 21.3 Å². The summed E-state index contributed by atoms with van der Waals surface area (Å²) < 4.78 is 0. The minimum absolute atomic E-state index is 0.237. The lowest BCUT2D eigenvalue weighted by Gasteiger charge is -2.31. The number of nitrogens with zero attached hydrogens (tertiary/aromatic N) is 2. The van der Waals surface area contributed by atoms with Gasteiger partial charge in [0.2, 0.25) is 0 Å². The zero-order valence-corrected chi connectivity index (χ0v) is 10.7. The molecule has 1 aromatic heterocycles. The van der Waals surface area contributed by atoms with Crippen molar-refractivity contribution in [2.75, 3.05) is 18.0 Å². The largest absolute Gasteiger partial charge is 0.391 e. The molecular formula is C10H11Cl3N2O. The van der Waals surface area contributed by atoms with Gasteiger partial charge in [0.15, 0.2) is 0 Å². The van der Waals surface area contributed by atoms with Gasteiger partial charge in [-0.1, -0.05) is 34.8 Å². The van der Waals surface area contributed by atoms with E-state index in [1.165, 1.54) is 0 Å². The maximum Gasteiger partial charge on any atom is 0.150 e. The molecule has 88 valence electrons. The summed E-state index contributed by atoms with van der Waals surface area (Å²) >= 11 is 17.7. The quantitative estimate of drug-likeness (QED) is 0.804. The van der Waals surface area contributed by atoms with Crippen molar-refractivity contribution < 1.29 is 5.11 Å². The Morgan fingerprint density at radius 2 is 2.06 bits per heavy atom. The number of halogens is 3. The summed E-state index contributed by atoms with van der Waals surface area (Å²) in [5, 5.41) is 10.6. The highest BCUT2D eigenvalue weighted by atomic mass is 35.5. The number of aliphatic hydroxyl groups is 1. The van der Waals surface area contributed by atoms with E-state index in [0.29, 0.717) is 22.4 Å². The van der Waals surface area contributed by atoms with Crippen molar-refractivity contribution in [2.24, 2.45) is 0 Å². The molecule has 1 atom stereocenters. The zero-order valence-electron chi connectivity index (χ0n) is 8.46. The van der Waals surface area contributed by atoms with Gasteiger partial charge in [-0.2, -0.15) is 0 Å². The lowest BCUT2D eigenvalue weighted by Crippen LogP contribution is -2.38. The Kier molecular flexibility index (Phi) is 3.80. The molecule has 1 aromatic rings. The van der Waals surface area contributed by atoms with E-state index in [-0.39, 0.29) is 11.3 Å². The van der Waals surface area contributed by atoms with Gasteiger partial charge in [-0.3, -0.25) is 0 Å². The fraction of sp³-hybridized carbons (Fsp3) is 0.500. The predicted octanol–water partition coefficient (Wildman–Crippen LogP) is 3.00. The van der Waals surface area contributed by atoms with Gasteiger partial charge in [0.25, 0.3) is 0 Å². The van der Waals surface area contributed by atoms with Crippen molar-refractivity contribution in [3.8, 4) is 0 Å². The van der Waals surface area contributed by atoms with Crippen molar-refractivity contribution in [3.63, 3.8) is 0 Å². The van der Waals surface area contributed by atoms with E-state index in [9.17, 15) is 5.11 Å². The number of piperidine rings is 1. The maximum absolute atomic E-state index is 9.58. The van der Waals surface area contributed by atoms with E-state index >= 15 is 0 Å². The van der Waals surface area contributed by atoms with E-state index in [1.54, 1.807) is 6.07 Å². The van der Waals surface area contributed by atoms with Crippen LogP contribution in [0.2, 0.25) is 15.2 Å². The van der Waals surface area contributed by atoms with Crippen molar-refractivity contribution in [2.45, 2.75) is 18.9 Å². The van der Waals surface area contributed by atoms with Crippen LogP contribution >= 0.6 is 34.8 Å². The van der Waals surface area contributed by atoms with Gasteiger partial charge in [-0.25, -0.2) is 4.98 Å². The third kappa shape index (κ3) is 2.54. The Labute approximate surface area is 109 Å². The van der Waals surface area contributed by atoms with Crippen LogP contribution in [0.1, 0.15) is 12.8 Å². The van der Waals surface area contributed by atoms with Crippen LogP contribution < -0.4 is 4.90 Å². The number of hydrogen-bond donors (Lipinski definition) is 1. The van der Waals surface area contributed by atoms with Gasteiger partial charge in [-0.15, -0.1) is 0 Å². The standard InChI is InChI=1S/C10H11Cl3N2O/c11-7-4-8(12)10(14-9(7)13)15-3-1-2-6(16)5-15/h4,6,16H,1-3,5H2. The predicted molar refractivity (Wildman–Crippen MR) is 66.7 cm³/mol. The van der Waals surface area contributed by atoms with Gasteiger partial charge in [0.1, 0.15) is 11.0 Å². The molecule has 1 aliphatic heterocycles. The number of anilines is 1. The van der Waals surface area contributed by atoms with Gasteiger partial charge in [-0.05, 0) is 18.9 Å². The number of hydrogen-bond acceptors (Lipinski definition) is 3. The molecule has 0 aromatic carbocycles. The Balaban J connectivity index is 2.29. The van der Waals surface area contributed by atoms with Crippen LogP contribution in [0, 0.1) is 0 Å². The molecule has 0 aliphatic carbocycles. The number of aliphatic hydroxyl groups excluding tert-OH is 1. The molecule has 0 radical (unpaired) electrons. The summed E-state index contributed by atoms with van der Waals surface area (Å²) in [5.74, 6) is 0.592. The highest BCUT2D eigenvalue weighted by Crippen LogP contribution is 2.32. The first kappa shape index (κ1) is 12.2. The summed E-state index contributed by atoms with van der Waals surface area (Å²) in [7, 11) is 0. The van der Waals surface area contributed by atoms with E-state index < -0.39 is 0 Å². The maximum atomic E-state index is 9.58. The number of pyridine rings is 1. The lowest BCUT2D eigenvalue weighted by atomic mass is 10.1. The first-order valence-electron chi connectivity index (χ1n) is 5.02. The average Bonchev–Trinajstić information content (AvgIpc) is 2.23. The van der Waals surface area contributed by atoms with Crippen LogP contribution in [0.4, 0.5) is 5.82 Å². The topological polar surface area (TPSA) is 36.4 Å². The molecule has 0 amide bonds. The molecule has 0 bridgehead atoms. The Hall–Kier alpha value is -0.220. The van der Waals surface area contributed by atoms with E-state index in [1.807, 2.05) is 4.90 Å². The van der Waals surface area contributed by atoms with Crippen molar-refractivity contribution in [1.82, 2.24) is 4.98 Å². The third-order valence-corrected chi connectivity index (χ3v) is 3.52. The Morgan fingerprint density at radius 3 is 2.75 bits per heavy atom. The van der Waals surface area contributed by atoms with Crippen LogP contribution in [0.3, 0.4) is 0 Å². The van der Waals surface area contributed by atoms with Crippen molar-refractivity contribution >= 4 is 40.6 Å². The van der Waals surface area contributed by atoms with Crippen LogP contribution in [-0.2, 0) is 0 Å². The van der Waals surface area contributed by atoms with Crippen LogP contribution in [0.5, 0.6) is 0 Å². The first-order valence-corrected chi connectivity index (χ1v) is 6.16. The molecule has 1 aliphatic rings. The van der Waals surface area contributed by atoms with Gasteiger partial charge in [0.05, 0.1) is 16.1 Å². The Bertz CT molecular complexity index is 400. The monoisotopic (exact) mass is 280 g/mol. The summed E-state index contributed by atoms with van der Waals surface area (Å²) in [5.41, 5.74) is 0. The van der Waals surface area contributed by atoms with Crippen LogP contribution in [0.15, 0.2) is 6.07 Å². The highest BCUT2D eigenvalue weighted by molar-refractivity contribution is 6.42. The summed E-state index contributed by atoms with van der Waals surface area (Å²) in [4.78, 5) is 6.08. The van der Waals surface area contributed by atoms with E-state index in [2.05, 4.69) is 4.98 Å². The molecular weight excluding hydrogens is 270 g/mol. The highest BCUT2D eigenvalue weighted by Gasteiger charge is 2.21. The number of rotatable bonds is 1. The number of β-amino-alcohol motifs (C(OH)–C–C–N with tert-alkyl or cyclic N) is 1. The molecule has 2 rings (SSSR count). The van der Waals surface area contributed by atoms with Crippen LogP contribution in [0.25, 0.3) is 0 Å². The minimum Gasteiger partial charge on any atom is -0.391 e. The normalized spacial score (nSPS) is 21.2. The summed E-state index contributed by atoms with van der Waals surface area (Å²) in [6.07, 6.45) is 1.40. The molecule has 2 heterocycles. The molecule has 1 unspecified atom stereocenters. The smallest absolute Gasteiger partial charge is 0.150 e.